The molecule has 7 atom stereocenters. The van der Waals surface area contributed by atoms with E-state index in [2.05, 4.69) is 27.7 Å². The molecular formula is C16H26. The first-order valence-electron chi connectivity index (χ1n) is 7.48. The Hall–Kier alpha value is 0. The molecule has 4 fully saturated rings. The van der Waals surface area contributed by atoms with Crippen molar-refractivity contribution >= 4 is 0 Å². The van der Waals surface area contributed by atoms with E-state index in [9.17, 15) is 0 Å². The van der Waals surface area contributed by atoms with Crippen molar-refractivity contribution in [3.63, 3.8) is 0 Å². The molecule has 4 saturated carbocycles. The van der Waals surface area contributed by atoms with Crippen LogP contribution in [0.5, 0.6) is 0 Å². The average molecular weight is 218 g/mol. The third-order valence-electron chi connectivity index (χ3n) is 7.15. The molecule has 4 aliphatic carbocycles. The summed E-state index contributed by atoms with van der Waals surface area (Å²) in [6.45, 7) is 10.1. The van der Waals surface area contributed by atoms with Gasteiger partial charge in [-0.1, -0.05) is 34.1 Å². The molecular weight excluding hydrogens is 192 g/mol. The van der Waals surface area contributed by atoms with Crippen molar-refractivity contribution in [2.45, 2.75) is 53.4 Å². The summed E-state index contributed by atoms with van der Waals surface area (Å²) in [7, 11) is 0. The lowest BCUT2D eigenvalue weighted by atomic mass is 9.65. The van der Waals surface area contributed by atoms with E-state index in [4.69, 9.17) is 0 Å². The van der Waals surface area contributed by atoms with Gasteiger partial charge in [0.1, 0.15) is 0 Å². The molecule has 90 valence electrons. The summed E-state index contributed by atoms with van der Waals surface area (Å²) in [6, 6.07) is 0. The first kappa shape index (κ1) is 9.97. The van der Waals surface area contributed by atoms with Gasteiger partial charge in [-0.05, 0) is 65.6 Å². The van der Waals surface area contributed by atoms with E-state index in [0.717, 1.165) is 40.9 Å². The molecule has 2 bridgehead atoms. The van der Waals surface area contributed by atoms with Gasteiger partial charge in [0.2, 0.25) is 0 Å². The Labute approximate surface area is 100 Å². The van der Waals surface area contributed by atoms with Gasteiger partial charge in [0.05, 0.1) is 0 Å². The van der Waals surface area contributed by atoms with Gasteiger partial charge in [-0.2, -0.15) is 0 Å². The SMILES string of the molecule is CC1C2C(C(C)(C)C)C3CC12C1CCCC31. The zero-order chi connectivity index (χ0) is 11.3. The standard InChI is InChI=1S/C16H26/c1-9-13-14(15(2,3)4)11-8-16(9,13)12-7-5-6-10(11)12/h9-14H,5-8H2,1-4H3. The predicted octanol–water partition coefficient (Wildman–Crippen LogP) is 4.35. The van der Waals surface area contributed by atoms with Crippen LogP contribution < -0.4 is 0 Å². The van der Waals surface area contributed by atoms with Gasteiger partial charge >= 0.3 is 0 Å². The van der Waals surface area contributed by atoms with Crippen LogP contribution in [-0.4, -0.2) is 0 Å². The molecule has 0 saturated heterocycles. The minimum Gasteiger partial charge on any atom is -0.0617 e. The number of hydrogen-bond donors (Lipinski definition) is 0. The van der Waals surface area contributed by atoms with E-state index in [-0.39, 0.29) is 0 Å². The molecule has 1 spiro atoms. The van der Waals surface area contributed by atoms with Crippen LogP contribution in [-0.2, 0) is 0 Å². The Kier molecular flexibility index (Phi) is 1.59. The van der Waals surface area contributed by atoms with Gasteiger partial charge in [-0.25, -0.2) is 0 Å². The van der Waals surface area contributed by atoms with Crippen molar-refractivity contribution in [3.05, 3.63) is 0 Å². The number of fused-ring (bicyclic) bond motifs is 3. The fraction of sp³-hybridized carbons (Fsp3) is 1.00. The third-order valence-corrected chi connectivity index (χ3v) is 7.15. The van der Waals surface area contributed by atoms with Crippen LogP contribution >= 0.6 is 0 Å². The van der Waals surface area contributed by atoms with Gasteiger partial charge in [0.25, 0.3) is 0 Å². The fourth-order valence-corrected chi connectivity index (χ4v) is 6.96. The highest BCUT2D eigenvalue weighted by molar-refractivity contribution is 5.28. The lowest BCUT2D eigenvalue weighted by Crippen LogP contribution is -2.34. The van der Waals surface area contributed by atoms with Crippen molar-refractivity contribution in [1.82, 2.24) is 0 Å². The molecule has 0 N–H and O–H groups in total. The van der Waals surface area contributed by atoms with Crippen LogP contribution in [0.1, 0.15) is 53.4 Å². The van der Waals surface area contributed by atoms with E-state index in [1.807, 2.05) is 0 Å². The van der Waals surface area contributed by atoms with E-state index in [0.29, 0.717) is 5.41 Å². The van der Waals surface area contributed by atoms with Crippen LogP contribution in [0, 0.1) is 46.3 Å². The second-order valence-electron chi connectivity index (χ2n) is 8.39. The van der Waals surface area contributed by atoms with Crippen molar-refractivity contribution in [3.8, 4) is 0 Å². The van der Waals surface area contributed by atoms with Gasteiger partial charge in [-0.15, -0.1) is 0 Å². The Morgan fingerprint density at radius 2 is 1.81 bits per heavy atom. The van der Waals surface area contributed by atoms with Crippen molar-refractivity contribution in [1.29, 1.82) is 0 Å². The van der Waals surface area contributed by atoms with Crippen LogP contribution in [0.15, 0.2) is 0 Å². The zero-order valence-electron chi connectivity index (χ0n) is 11.3. The molecule has 4 aliphatic rings. The summed E-state index contributed by atoms with van der Waals surface area (Å²) < 4.78 is 0. The molecule has 0 aromatic rings. The molecule has 16 heavy (non-hydrogen) atoms. The van der Waals surface area contributed by atoms with Gasteiger partial charge in [-0.3, -0.25) is 0 Å². The van der Waals surface area contributed by atoms with E-state index >= 15 is 0 Å². The van der Waals surface area contributed by atoms with Crippen molar-refractivity contribution in [2.75, 3.05) is 0 Å². The summed E-state index contributed by atoms with van der Waals surface area (Å²) in [4.78, 5) is 0. The van der Waals surface area contributed by atoms with E-state index < -0.39 is 0 Å². The van der Waals surface area contributed by atoms with Crippen molar-refractivity contribution < 1.29 is 0 Å². The maximum atomic E-state index is 2.57. The molecule has 7 unspecified atom stereocenters. The summed E-state index contributed by atoms with van der Waals surface area (Å²) in [5.41, 5.74) is 1.43. The maximum Gasteiger partial charge on any atom is -0.0201 e. The zero-order valence-corrected chi connectivity index (χ0v) is 11.3. The fourth-order valence-electron chi connectivity index (χ4n) is 6.96. The summed E-state index contributed by atoms with van der Waals surface area (Å²) in [5, 5.41) is 0. The normalized spacial score (nSPS) is 62.2. The summed E-state index contributed by atoms with van der Waals surface area (Å²) >= 11 is 0. The Morgan fingerprint density at radius 1 is 1.06 bits per heavy atom. The maximum absolute atomic E-state index is 2.57. The van der Waals surface area contributed by atoms with E-state index in [1.165, 1.54) is 0 Å². The van der Waals surface area contributed by atoms with Crippen LogP contribution in [0.4, 0.5) is 0 Å². The first-order chi connectivity index (χ1) is 7.48. The van der Waals surface area contributed by atoms with Crippen molar-refractivity contribution in [2.24, 2.45) is 46.3 Å². The largest absolute Gasteiger partial charge is 0.0617 e. The van der Waals surface area contributed by atoms with Gasteiger partial charge in [0.15, 0.2) is 0 Å². The highest BCUT2D eigenvalue weighted by Crippen LogP contribution is 2.86. The second-order valence-corrected chi connectivity index (χ2v) is 8.39. The Bertz CT molecular complexity index is 336. The second kappa shape index (κ2) is 2.54. The quantitative estimate of drug-likeness (QED) is 0.567. The molecule has 0 amide bonds. The highest BCUT2D eigenvalue weighted by Gasteiger charge is 2.80. The predicted molar refractivity (Wildman–Crippen MR) is 67.0 cm³/mol. The lowest BCUT2D eigenvalue weighted by Gasteiger charge is -2.39. The van der Waals surface area contributed by atoms with Crippen LogP contribution in [0.3, 0.4) is 0 Å². The van der Waals surface area contributed by atoms with Crippen LogP contribution in [0.2, 0.25) is 0 Å². The molecule has 0 nitrogen and oxygen atoms in total. The monoisotopic (exact) mass is 218 g/mol. The smallest absolute Gasteiger partial charge is 0.0201 e. The average Bonchev–Trinajstić information content (AvgIpc) is 2.70. The molecule has 0 aromatic carbocycles. The molecule has 0 heteroatoms. The molecule has 4 rings (SSSR count). The minimum absolute atomic E-state index is 0.565. The molecule has 0 heterocycles. The molecule has 0 aliphatic heterocycles. The van der Waals surface area contributed by atoms with Gasteiger partial charge < -0.3 is 0 Å². The van der Waals surface area contributed by atoms with Crippen LogP contribution in [0.25, 0.3) is 0 Å². The van der Waals surface area contributed by atoms with E-state index in [1.54, 1.807) is 25.7 Å². The highest BCUT2D eigenvalue weighted by atomic mass is 14.8. The third kappa shape index (κ3) is 0.842. The number of rotatable bonds is 0. The Morgan fingerprint density at radius 3 is 2.50 bits per heavy atom. The minimum atomic E-state index is 0.565. The lowest BCUT2D eigenvalue weighted by molar-refractivity contribution is 0.0856. The first-order valence-corrected chi connectivity index (χ1v) is 7.48. The molecule has 0 radical (unpaired) electrons. The Balaban J connectivity index is 1.76. The van der Waals surface area contributed by atoms with Gasteiger partial charge in [0, 0.05) is 0 Å². The molecule has 0 aromatic heterocycles. The summed E-state index contributed by atoms with van der Waals surface area (Å²) in [6.07, 6.45) is 6.32. The summed E-state index contributed by atoms with van der Waals surface area (Å²) in [5.74, 6) is 6.68. The topological polar surface area (TPSA) is 0 Å². The number of hydrogen-bond acceptors (Lipinski definition) is 0.